The molecule has 0 aliphatic heterocycles. The van der Waals surface area contributed by atoms with Gasteiger partial charge in [-0.2, -0.15) is 0 Å². The normalized spacial score (nSPS) is 10.3. The average molecular weight is 206 g/mol. The molecular formula is C13H18O2. The molecule has 0 saturated carbocycles. The fourth-order valence-corrected chi connectivity index (χ4v) is 1.76. The lowest BCUT2D eigenvalue weighted by Gasteiger charge is -2.09. The van der Waals surface area contributed by atoms with Gasteiger partial charge in [-0.3, -0.25) is 0 Å². The lowest BCUT2D eigenvalue weighted by atomic mass is 9.96. The summed E-state index contributed by atoms with van der Waals surface area (Å²) in [6.07, 6.45) is 3.22. The zero-order chi connectivity index (χ0) is 11.4. The molecule has 82 valence electrons. The third-order valence-corrected chi connectivity index (χ3v) is 2.71. The Kier molecular flexibility index (Phi) is 3.89. The van der Waals surface area contributed by atoms with E-state index in [-0.39, 0.29) is 0 Å². The first kappa shape index (κ1) is 11.8. The van der Waals surface area contributed by atoms with Gasteiger partial charge in [0, 0.05) is 0 Å². The molecule has 0 fully saturated rings. The maximum Gasteiger partial charge on any atom is 0.335 e. The number of carboxylic acids is 1. The summed E-state index contributed by atoms with van der Waals surface area (Å²) in [7, 11) is 0. The quantitative estimate of drug-likeness (QED) is 0.820. The lowest BCUT2D eigenvalue weighted by molar-refractivity contribution is 0.0696. The van der Waals surface area contributed by atoms with E-state index in [1.54, 1.807) is 0 Å². The predicted octanol–water partition coefficient (Wildman–Crippen LogP) is 3.34. The number of hydrogen-bond donors (Lipinski definition) is 1. The smallest absolute Gasteiger partial charge is 0.335 e. The van der Waals surface area contributed by atoms with E-state index in [2.05, 4.69) is 6.92 Å². The molecule has 1 N–H and O–H groups in total. The van der Waals surface area contributed by atoms with Crippen molar-refractivity contribution >= 4 is 5.97 Å². The maximum absolute atomic E-state index is 11.0. The number of aryl methyl sites for hydroxylation is 3. The van der Waals surface area contributed by atoms with Gasteiger partial charge in [0.25, 0.3) is 0 Å². The second-order valence-corrected chi connectivity index (χ2v) is 4.00. The second-order valence-electron chi connectivity index (χ2n) is 4.00. The summed E-state index contributed by atoms with van der Waals surface area (Å²) < 4.78 is 0. The van der Waals surface area contributed by atoms with Gasteiger partial charge in [0.05, 0.1) is 5.56 Å². The standard InChI is InChI=1S/C13H18O2/c1-4-5-6-11-8-12(13(14)15)10(3)7-9(11)2/h7-8H,4-6H2,1-3H3,(H,14,15). The molecule has 0 saturated heterocycles. The highest BCUT2D eigenvalue weighted by Crippen LogP contribution is 2.18. The molecule has 0 spiro atoms. The Morgan fingerprint density at radius 1 is 1.27 bits per heavy atom. The third kappa shape index (κ3) is 2.82. The fourth-order valence-electron chi connectivity index (χ4n) is 1.76. The zero-order valence-corrected chi connectivity index (χ0v) is 9.63. The van der Waals surface area contributed by atoms with Gasteiger partial charge in [-0.25, -0.2) is 4.79 Å². The van der Waals surface area contributed by atoms with Crippen molar-refractivity contribution in [3.63, 3.8) is 0 Å². The average Bonchev–Trinajstić information content (AvgIpc) is 2.16. The van der Waals surface area contributed by atoms with Crippen LogP contribution >= 0.6 is 0 Å². The number of rotatable bonds is 4. The summed E-state index contributed by atoms with van der Waals surface area (Å²) in [6, 6.07) is 3.79. The van der Waals surface area contributed by atoms with E-state index >= 15 is 0 Å². The van der Waals surface area contributed by atoms with Gasteiger partial charge >= 0.3 is 5.97 Å². The monoisotopic (exact) mass is 206 g/mol. The van der Waals surface area contributed by atoms with Crippen molar-refractivity contribution in [2.75, 3.05) is 0 Å². The number of aromatic carboxylic acids is 1. The number of benzene rings is 1. The molecule has 0 radical (unpaired) electrons. The maximum atomic E-state index is 11.0. The van der Waals surface area contributed by atoms with Crippen LogP contribution in [0.4, 0.5) is 0 Å². The number of unbranched alkanes of at least 4 members (excludes halogenated alkanes) is 1. The second kappa shape index (κ2) is 4.96. The van der Waals surface area contributed by atoms with E-state index < -0.39 is 5.97 Å². The molecule has 1 rings (SSSR count). The molecule has 2 nitrogen and oxygen atoms in total. The Hall–Kier alpha value is -1.31. The van der Waals surface area contributed by atoms with Crippen LogP contribution in [0.1, 0.15) is 46.8 Å². The number of carbonyl (C=O) groups is 1. The van der Waals surface area contributed by atoms with Crippen LogP contribution in [0.5, 0.6) is 0 Å². The lowest BCUT2D eigenvalue weighted by Crippen LogP contribution is -2.03. The molecule has 0 aliphatic rings. The molecule has 15 heavy (non-hydrogen) atoms. The van der Waals surface area contributed by atoms with Crippen molar-refractivity contribution in [2.24, 2.45) is 0 Å². The highest BCUT2D eigenvalue weighted by molar-refractivity contribution is 5.89. The molecule has 0 aliphatic carbocycles. The molecular weight excluding hydrogens is 188 g/mol. The SMILES string of the molecule is CCCCc1cc(C(=O)O)c(C)cc1C. The minimum atomic E-state index is -0.828. The molecule has 1 aromatic carbocycles. The Morgan fingerprint density at radius 2 is 1.93 bits per heavy atom. The minimum Gasteiger partial charge on any atom is -0.478 e. The van der Waals surface area contributed by atoms with Gasteiger partial charge in [-0.1, -0.05) is 19.4 Å². The van der Waals surface area contributed by atoms with Crippen LogP contribution in [-0.2, 0) is 6.42 Å². The van der Waals surface area contributed by atoms with E-state index in [1.807, 2.05) is 26.0 Å². The number of hydrogen-bond acceptors (Lipinski definition) is 1. The highest BCUT2D eigenvalue weighted by atomic mass is 16.4. The molecule has 0 amide bonds. The van der Waals surface area contributed by atoms with E-state index in [1.165, 1.54) is 11.1 Å². The number of carboxylic acid groups (broad SMARTS) is 1. The van der Waals surface area contributed by atoms with Crippen LogP contribution in [0.25, 0.3) is 0 Å². The molecule has 1 aromatic rings. The van der Waals surface area contributed by atoms with Crippen LogP contribution in [0.3, 0.4) is 0 Å². The molecule has 0 aromatic heterocycles. The Labute approximate surface area is 90.9 Å². The largest absolute Gasteiger partial charge is 0.478 e. The van der Waals surface area contributed by atoms with Gasteiger partial charge in [0.15, 0.2) is 0 Å². The first-order chi connectivity index (χ1) is 7.06. The van der Waals surface area contributed by atoms with Crippen molar-refractivity contribution < 1.29 is 9.90 Å². The van der Waals surface area contributed by atoms with Gasteiger partial charge < -0.3 is 5.11 Å². The van der Waals surface area contributed by atoms with E-state index in [9.17, 15) is 4.79 Å². The van der Waals surface area contributed by atoms with Crippen LogP contribution in [0.15, 0.2) is 12.1 Å². The van der Waals surface area contributed by atoms with Crippen LogP contribution < -0.4 is 0 Å². The Balaban J connectivity index is 3.06. The summed E-state index contributed by atoms with van der Waals surface area (Å²) in [5.74, 6) is -0.828. The molecule has 2 heteroatoms. The summed E-state index contributed by atoms with van der Waals surface area (Å²) in [5, 5.41) is 9.01. The Bertz CT molecular complexity index is 367. The first-order valence-corrected chi connectivity index (χ1v) is 5.39. The van der Waals surface area contributed by atoms with Crippen LogP contribution in [0, 0.1) is 13.8 Å². The Morgan fingerprint density at radius 3 is 2.47 bits per heavy atom. The van der Waals surface area contributed by atoms with Gasteiger partial charge in [0.1, 0.15) is 0 Å². The van der Waals surface area contributed by atoms with Crippen molar-refractivity contribution in [3.8, 4) is 0 Å². The first-order valence-electron chi connectivity index (χ1n) is 5.39. The zero-order valence-electron chi connectivity index (χ0n) is 9.63. The van der Waals surface area contributed by atoms with Gasteiger partial charge in [-0.15, -0.1) is 0 Å². The molecule has 0 heterocycles. The molecule has 0 atom stereocenters. The van der Waals surface area contributed by atoms with E-state index in [0.717, 1.165) is 24.8 Å². The van der Waals surface area contributed by atoms with Gasteiger partial charge in [-0.05, 0) is 49.4 Å². The van der Waals surface area contributed by atoms with Gasteiger partial charge in [0.2, 0.25) is 0 Å². The van der Waals surface area contributed by atoms with Crippen molar-refractivity contribution in [1.29, 1.82) is 0 Å². The van der Waals surface area contributed by atoms with Crippen LogP contribution in [-0.4, -0.2) is 11.1 Å². The van der Waals surface area contributed by atoms with Crippen molar-refractivity contribution in [1.82, 2.24) is 0 Å². The van der Waals surface area contributed by atoms with Crippen molar-refractivity contribution in [3.05, 3.63) is 34.4 Å². The minimum absolute atomic E-state index is 0.437. The third-order valence-electron chi connectivity index (χ3n) is 2.71. The van der Waals surface area contributed by atoms with E-state index in [0.29, 0.717) is 5.56 Å². The van der Waals surface area contributed by atoms with Crippen LogP contribution in [0.2, 0.25) is 0 Å². The summed E-state index contributed by atoms with van der Waals surface area (Å²) in [4.78, 5) is 11.0. The fraction of sp³-hybridized carbons (Fsp3) is 0.462. The highest BCUT2D eigenvalue weighted by Gasteiger charge is 2.09. The summed E-state index contributed by atoms with van der Waals surface area (Å²) in [5.41, 5.74) is 3.65. The summed E-state index contributed by atoms with van der Waals surface area (Å²) in [6.45, 7) is 6.03. The summed E-state index contributed by atoms with van der Waals surface area (Å²) >= 11 is 0. The van der Waals surface area contributed by atoms with E-state index in [4.69, 9.17) is 5.11 Å². The molecule has 0 unspecified atom stereocenters. The van der Waals surface area contributed by atoms with Crippen molar-refractivity contribution in [2.45, 2.75) is 40.0 Å². The topological polar surface area (TPSA) is 37.3 Å². The molecule has 0 bridgehead atoms. The predicted molar refractivity (Wildman–Crippen MR) is 61.5 cm³/mol.